The molecule has 0 radical (unpaired) electrons. The number of rotatable bonds is 4. The first kappa shape index (κ1) is 27.2. The number of benzene rings is 6. The summed E-state index contributed by atoms with van der Waals surface area (Å²) in [6.45, 7) is 0. The number of hydrogen-bond acceptors (Lipinski definition) is 5. The van der Waals surface area contributed by atoms with Crippen LogP contribution < -0.4 is 0 Å². The van der Waals surface area contributed by atoms with Crippen LogP contribution in [0.25, 0.3) is 82.4 Å². The van der Waals surface area contributed by atoms with Crippen molar-refractivity contribution in [1.29, 1.82) is 0 Å². The molecule has 6 aromatic carbocycles. The average molecular weight is 634 g/mol. The molecular weight excluding hydrogens is 607 g/mol. The predicted octanol–water partition coefficient (Wildman–Crippen LogP) is 11.5. The first-order chi connectivity index (χ1) is 23.8. The van der Waals surface area contributed by atoms with Gasteiger partial charge in [0.2, 0.25) is 0 Å². The van der Waals surface area contributed by atoms with Crippen LogP contribution in [-0.4, -0.2) is 15.0 Å². The van der Waals surface area contributed by atoms with Crippen molar-refractivity contribution in [2.45, 2.75) is 12.3 Å². The molecule has 48 heavy (non-hydrogen) atoms. The predicted molar refractivity (Wildman–Crippen MR) is 198 cm³/mol. The van der Waals surface area contributed by atoms with Crippen molar-refractivity contribution in [1.82, 2.24) is 15.0 Å². The van der Waals surface area contributed by atoms with E-state index in [9.17, 15) is 0 Å². The summed E-state index contributed by atoms with van der Waals surface area (Å²) in [5.41, 5.74) is 8.40. The Kier molecular flexibility index (Phi) is 6.14. The monoisotopic (exact) mass is 633 g/mol. The average Bonchev–Trinajstić information content (AvgIpc) is 3.73. The van der Waals surface area contributed by atoms with E-state index in [4.69, 9.17) is 19.4 Å². The van der Waals surface area contributed by atoms with Crippen LogP contribution in [0.15, 0.2) is 144 Å². The quantitative estimate of drug-likeness (QED) is 0.193. The van der Waals surface area contributed by atoms with Crippen molar-refractivity contribution in [3.05, 3.63) is 156 Å². The second-order valence-electron chi connectivity index (χ2n) is 12.3. The van der Waals surface area contributed by atoms with Crippen molar-refractivity contribution >= 4 is 59.5 Å². The molecule has 1 unspecified atom stereocenters. The topological polar surface area (TPSA) is 51.8 Å². The fraction of sp³-hybridized carbons (Fsp3) is 0.0465. The van der Waals surface area contributed by atoms with E-state index in [1.165, 1.54) is 36.9 Å². The summed E-state index contributed by atoms with van der Waals surface area (Å²) in [5, 5.41) is 4.48. The van der Waals surface area contributed by atoms with Crippen molar-refractivity contribution in [3.8, 4) is 34.2 Å². The first-order valence-electron chi connectivity index (χ1n) is 16.2. The molecule has 3 heterocycles. The fourth-order valence-corrected chi connectivity index (χ4v) is 8.42. The molecular formula is C43H27N3OS. The highest BCUT2D eigenvalue weighted by Gasteiger charge is 2.26. The Hall–Kier alpha value is -5.91. The number of thiophene rings is 1. The summed E-state index contributed by atoms with van der Waals surface area (Å²) in [5.74, 6) is 2.09. The Labute approximate surface area is 280 Å². The Bertz CT molecular complexity index is 2720. The lowest BCUT2D eigenvalue weighted by Gasteiger charge is -2.22. The van der Waals surface area contributed by atoms with Gasteiger partial charge in [0.15, 0.2) is 17.5 Å². The molecule has 0 aliphatic heterocycles. The maximum absolute atomic E-state index is 6.45. The van der Waals surface area contributed by atoms with Crippen molar-refractivity contribution in [2.24, 2.45) is 0 Å². The molecule has 0 amide bonds. The first-order valence-corrected chi connectivity index (χ1v) is 17.0. The third-order valence-electron chi connectivity index (χ3n) is 9.51. The smallest absolute Gasteiger partial charge is 0.165 e. The second kappa shape index (κ2) is 10.8. The Morgan fingerprint density at radius 1 is 0.562 bits per heavy atom. The summed E-state index contributed by atoms with van der Waals surface area (Å²) in [7, 11) is 0. The van der Waals surface area contributed by atoms with Gasteiger partial charge >= 0.3 is 0 Å². The zero-order chi connectivity index (χ0) is 31.6. The molecule has 3 aromatic heterocycles. The molecule has 0 fully saturated rings. The van der Waals surface area contributed by atoms with E-state index < -0.39 is 0 Å². The van der Waals surface area contributed by atoms with Gasteiger partial charge in [-0.2, -0.15) is 0 Å². The normalized spacial score (nSPS) is 14.3. The van der Waals surface area contributed by atoms with Gasteiger partial charge in [0, 0.05) is 53.6 Å². The van der Waals surface area contributed by atoms with Gasteiger partial charge in [-0.1, -0.05) is 121 Å². The van der Waals surface area contributed by atoms with Crippen LogP contribution in [0, 0.1) is 0 Å². The standard InChI is InChI=1S/C43H27N3OS/c1-2-12-27(13-3-1)41-44-42(33-17-10-20-37-38(33)32-16-7-9-19-36(32)48-37)46-43(45-41)40-30(29-22-21-26-11-4-5-14-28(26)25-29)23-24-35-39(40)31-15-6-8-18-34(31)47-35/h1-24,29H,25H2. The van der Waals surface area contributed by atoms with E-state index in [0.29, 0.717) is 17.5 Å². The molecule has 1 aliphatic rings. The highest BCUT2D eigenvalue weighted by molar-refractivity contribution is 7.25. The molecule has 1 atom stereocenters. The number of fused-ring (bicyclic) bond motifs is 7. The van der Waals surface area contributed by atoms with Crippen LogP contribution in [0.2, 0.25) is 0 Å². The number of para-hydroxylation sites is 1. The van der Waals surface area contributed by atoms with Gasteiger partial charge in [0.05, 0.1) is 0 Å². The number of aromatic nitrogens is 3. The van der Waals surface area contributed by atoms with E-state index in [0.717, 1.165) is 45.0 Å². The van der Waals surface area contributed by atoms with Crippen LogP contribution in [0.4, 0.5) is 0 Å². The Morgan fingerprint density at radius 2 is 1.31 bits per heavy atom. The second-order valence-corrected chi connectivity index (χ2v) is 13.4. The van der Waals surface area contributed by atoms with Gasteiger partial charge in [-0.05, 0) is 47.4 Å². The fourth-order valence-electron chi connectivity index (χ4n) is 7.29. The SMILES string of the molecule is C1=CC(c2ccc3oc4ccccc4c3c2-c2nc(-c3ccccc3)nc(-c3cccc4sc5ccccc5c34)n2)Cc2ccccc21. The lowest BCUT2D eigenvalue weighted by Crippen LogP contribution is -2.09. The van der Waals surface area contributed by atoms with Gasteiger partial charge in [-0.3, -0.25) is 0 Å². The van der Waals surface area contributed by atoms with Gasteiger partial charge in [-0.15, -0.1) is 11.3 Å². The minimum Gasteiger partial charge on any atom is -0.456 e. The summed E-state index contributed by atoms with van der Waals surface area (Å²) in [6, 6.07) is 46.5. The molecule has 1 aliphatic carbocycles. The summed E-state index contributed by atoms with van der Waals surface area (Å²) >= 11 is 1.80. The molecule has 0 saturated heterocycles. The third-order valence-corrected chi connectivity index (χ3v) is 10.6. The third kappa shape index (κ3) is 4.32. The number of nitrogens with zero attached hydrogens (tertiary/aromatic N) is 3. The summed E-state index contributed by atoms with van der Waals surface area (Å²) in [4.78, 5) is 15.9. The largest absolute Gasteiger partial charge is 0.456 e. The van der Waals surface area contributed by atoms with Crippen LogP contribution in [0.1, 0.15) is 22.6 Å². The van der Waals surface area contributed by atoms with Crippen molar-refractivity contribution in [3.63, 3.8) is 0 Å². The van der Waals surface area contributed by atoms with E-state index in [-0.39, 0.29) is 5.92 Å². The van der Waals surface area contributed by atoms with Crippen LogP contribution >= 0.6 is 11.3 Å². The number of allylic oxidation sites excluding steroid dienone is 1. The van der Waals surface area contributed by atoms with E-state index >= 15 is 0 Å². The Balaban J connectivity index is 1.29. The lowest BCUT2D eigenvalue weighted by atomic mass is 9.82. The number of furan rings is 1. The van der Waals surface area contributed by atoms with Gasteiger partial charge in [-0.25, -0.2) is 15.0 Å². The molecule has 10 rings (SSSR count). The van der Waals surface area contributed by atoms with Crippen LogP contribution in [0.5, 0.6) is 0 Å². The lowest BCUT2D eigenvalue weighted by molar-refractivity contribution is 0.668. The van der Waals surface area contributed by atoms with Crippen LogP contribution in [0.3, 0.4) is 0 Å². The highest BCUT2D eigenvalue weighted by Crippen LogP contribution is 2.44. The van der Waals surface area contributed by atoms with E-state index in [1.54, 1.807) is 11.3 Å². The number of hydrogen-bond donors (Lipinski definition) is 0. The molecule has 226 valence electrons. The minimum atomic E-state index is 0.137. The van der Waals surface area contributed by atoms with Crippen molar-refractivity contribution < 1.29 is 4.42 Å². The molecule has 0 saturated carbocycles. The summed E-state index contributed by atoms with van der Waals surface area (Å²) < 4.78 is 8.91. The van der Waals surface area contributed by atoms with Crippen molar-refractivity contribution in [2.75, 3.05) is 0 Å². The molecule has 0 spiro atoms. The molecule has 0 bridgehead atoms. The van der Waals surface area contributed by atoms with Crippen LogP contribution in [-0.2, 0) is 6.42 Å². The minimum absolute atomic E-state index is 0.137. The maximum Gasteiger partial charge on any atom is 0.165 e. The maximum atomic E-state index is 6.45. The zero-order valence-corrected chi connectivity index (χ0v) is 26.6. The van der Waals surface area contributed by atoms with E-state index in [2.05, 4.69) is 115 Å². The van der Waals surface area contributed by atoms with Gasteiger partial charge < -0.3 is 4.42 Å². The molecule has 4 nitrogen and oxygen atoms in total. The van der Waals surface area contributed by atoms with Gasteiger partial charge in [0.1, 0.15) is 11.2 Å². The Morgan fingerprint density at radius 3 is 2.25 bits per heavy atom. The molecule has 0 N–H and O–H groups in total. The summed E-state index contributed by atoms with van der Waals surface area (Å²) in [6.07, 6.45) is 5.47. The zero-order valence-electron chi connectivity index (χ0n) is 25.8. The highest BCUT2D eigenvalue weighted by atomic mass is 32.1. The molecule has 5 heteroatoms. The van der Waals surface area contributed by atoms with Gasteiger partial charge in [0.25, 0.3) is 0 Å². The molecule has 9 aromatic rings. The van der Waals surface area contributed by atoms with E-state index in [1.807, 2.05) is 30.3 Å².